The van der Waals surface area contributed by atoms with Crippen molar-refractivity contribution < 1.29 is 41.8 Å². The maximum atomic E-state index is 13.1. The van der Waals surface area contributed by atoms with Crippen LogP contribution in [0.25, 0.3) is 0 Å². The number of rotatable bonds is 19. The van der Waals surface area contributed by atoms with Crippen molar-refractivity contribution in [2.75, 3.05) is 30.9 Å². The predicted molar refractivity (Wildman–Crippen MR) is 193 cm³/mol. The van der Waals surface area contributed by atoms with E-state index in [4.69, 9.17) is 21.1 Å². The molecule has 0 radical (unpaired) electrons. The van der Waals surface area contributed by atoms with E-state index in [9.17, 15) is 32.3 Å². The molecule has 17 heteroatoms. The van der Waals surface area contributed by atoms with Crippen LogP contribution in [0.5, 0.6) is 6.01 Å². The van der Waals surface area contributed by atoms with E-state index in [2.05, 4.69) is 50.1 Å². The summed E-state index contributed by atoms with van der Waals surface area (Å²) in [4.78, 5) is 62.7. The van der Waals surface area contributed by atoms with Crippen molar-refractivity contribution in [2.45, 2.75) is 83.0 Å². The molecule has 0 spiro atoms. The molecule has 2 amide bonds. The zero-order valence-electron chi connectivity index (χ0n) is 30.1. The molecule has 54 heavy (non-hydrogen) atoms. The molecule has 1 unspecified atom stereocenters. The van der Waals surface area contributed by atoms with Gasteiger partial charge in [0.25, 0.3) is 11.8 Å². The number of ketones is 1. The first-order valence-electron chi connectivity index (χ1n) is 17.7. The molecule has 2 aliphatic rings. The van der Waals surface area contributed by atoms with Gasteiger partial charge in [0, 0.05) is 29.2 Å². The number of nitrogens with zero attached hydrogens (tertiary/aromatic N) is 3. The Bertz CT molecular complexity index is 1820. The summed E-state index contributed by atoms with van der Waals surface area (Å²) in [5.74, 6) is -2.30. The second-order valence-electron chi connectivity index (χ2n) is 13.6. The summed E-state index contributed by atoms with van der Waals surface area (Å²) in [6, 6.07) is 11.4. The summed E-state index contributed by atoms with van der Waals surface area (Å²) >= 11 is 6.03. The number of carbonyl (C=O) groups excluding carboxylic acids is 4. The van der Waals surface area contributed by atoms with Crippen LogP contribution in [0.2, 0.25) is 5.02 Å². The van der Waals surface area contributed by atoms with Crippen LogP contribution in [0, 0.1) is 11.3 Å². The van der Waals surface area contributed by atoms with E-state index in [-0.39, 0.29) is 42.3 Å². The van der Waals surface area contributed by atoms with Gasteiger partial charge in [-0.25, -0.2) is 4.79 Å². The van der Waals surface area contributed by atoms with Crippen LogP contribution in [0.1, 0.15) is 81.1 Å². The molecule has 0 bridgehead atoms. The van der Waals surface area contributed by atoms with Gasteiger partial charge < -0.3 is 30.7 Å². The number of hydrogen-bond acceptors (Lipinski definition) is 11. The van der Waals surface area contributed by atoms with Gasteiger partial charge in [-0.1, -0.05) is 50.4 Å². The van der Waals surface area contributed by atoms with Crippen LogP contribution in [-0.4, -0.2) is 71.0 Å². The number of nitrogens with one attached hydrogen (secondary N) is 4. The number of amides is 2. The van der Waals surface area contributed by atoms with Crippen molar-refractivity contribution in [3.8, 4) is 6.01 Å². The average Bonchev–Trinajstić information content (AvgIpc) is 4.08. The summed E-state index contributed by atoms with van der Waals surface area (Å²) in [5.41, 5.74) is 1.18. The molecule has 2 saturated carbocycles. The highest BCUT2D eigenvalue weighted by Crippen LogP contribution is 2.59. The van der Waals surface area contributed by atoms with E-state index >= 15 is 0 Å². The lowest BCUT2D eigenvalue weighted by Crippen LogP contribution is -2.44. The summed E-state index contributed by atoms with van der Waals surface area (Å²) in [6.07, 6.45) is 0.784. The topological polar surface area (TPSA) is 174 Å². The largest absolute Gasteiger partial charge is 0.467 e. The Morgan fingerprint density at radius 2 is 1.63 bits per heavy atom. The lowest BCUT2D eigenvalue weighted by Gasteiger charge is -2.19. The second kappa shape index (κ2) is 17.0. The molecule has 2 aromatic carbocycles. The Morgan fingerprint density at radius 3 is 2.22 bits per heavy atom. The first kappa shape index (κ1) is 40.2. The van der Waals surface area contributed by atoms with E-state index in [1.807, 2.05) is 12.1 Å². The second-order valence-corrected chi connectivity index (χ2v) is 14.0. The molecule has 4 N–H and O–H groups in total. The molecule has 1 heterocycles. The van der Waals surface area contributed by atoms with E-state index in [0.29, 0.717) is 23.0 Å². The summed E-state index contributed by atoms with van der Waals surface area (Å²) in [6.45, 7) is 2.62. The Hall–Kier alpha value is -4.99. The van der Waals surface area contributed by atoms with Crippen molar-refractivity contribution in [3.63, 3.8) is 0 Å². The highest BCUT2D eigenvalue weighted by molar-refractivity contribution is 6.36. The van der Waals surface area contributed by atoms with Crippen LogP contribution in [-0.2, 0) is 24.7 Å². The van der Waals surface area contributed by atoms with Gasteiger partial charge in [0.2, 0.25) is 17.7 Å². The zero-order chi connectivity index (χ0) is 39.1. The van der Waals surface area contributed by atoms with E-state index in [1.165, 1.54) is 31.4 Å². The third-order valence-electron chi connectivity index (χ3n) is 10.1. The molecule has 290 valence electrons. The van der Waals surface area contributed by atoms with Crippen molar-refractivity contribution in [3.05, 3.63) is 64.7 Å². The molecule has 5 rings (SSSR count). The highest BCUT2D eigenvalue weighted by atomic mass is 35.5. The standard InChI is InChI=1S/C37H43ClF3N7O6/c1-4-35(5-2)20-24(35)10-15-28(49)30(51)42-19-16-27(31(52)53-3)44-29(50)22-6-13-26(14-7-22)43-32-45-33(47-34(46-32)54-21-37(39,40)41)48-36(17-18-36)23-8-11-25(38)12-9-23/h6-9,11-14,24,27H,4-5,10,15-21H2,1-3H3,(H,42,51)(H,44,50)(H2,43,45,46,47,48)/t24?,27-/m0/s1. The fourth-order valence-corrected chi connectivity index (χ4v) is 6.67. The van der Waals surface area contributed by atoms with Crippen LogP contribution in [0.4, 0.5) is 30.8 Å². The molecule has 2 fully saturated rings. The van der Waals surface area contributed by atoms with Crippen LogP contribution < -0.4 is 26.0 Å². The molecule has 0 aliphatic heterocycles. The fraction of sp³-hybridized carbons (Fsp3) is 0.486. The number of methoxy groups -OCH3 is 1. The molecular weight excluding hydrogens is 731 g/mol. The first-order chi connectivity index (χ1) is 25.7. The maximum absolute atomic E-state index is 13.1. The summed E-state index contributed by atoms with van der Waals surface area (Å²) in [5, 5.41) is 11.8. The number of carbonyl (C=O) groups is 4. The fourth-order valence-electron chi connectivity index (χ4n) is 6.54. The summed E-state index contributed by atoms with van der Waals surface area (Å²) in [7, 11) is 1.17. The molecule has 0 saturated heterocycles. The van der Waals surface area contributed by atoms with Crippen LogP contribution in [0.3, 0.4) is 0 Å². The van der Waals surface area contributed by atoms with Crippen LogP contribution in [0.15, 0.2) is 48.5 Å². The average molecular weight is 774 g/mol. The molecule has 3 aromatic rings. The number of Topliss-reactive ketones (excluding diaryl/α,β-unsaturated/α-hetero) is 1. The number of aromatic nitrogens is 3. The van der Waals surface area contributed by atoms with Crippen molar-refractivity contribution >= 4 is 52.8 Å². The number of alkyl halides is 3. The van der Waals surface area contributed by atoms with Gasteiger partial charge in [0.1, 0.15) is 6.04 Å². The maximum Gasteiger partial charge on any atom is 0.422 e. The van der Waals surface area contributed by atoms with E-state index < -0.39 is 53.9 Å². The third-order valence-corrected chi connectivity index (χ3v) is 10.4. The van der Waals surface area contributed by atoms with Gasteiger partial charge in [-0.15, -0.1) is 0 Å². The SMILES string of the molecule is CCC1(CC)CC1CCC(=O)C(=O)NCC[C@H](NC(=O)c1ccc(Nc2nc(NC3(c4ccc(Cl)cc4)CC3)nc(OCC(F)(F)F)n2)cc1)C(=O)OC. The van der Waals surface area contributed by atoms with Gasteiger partial charge in [-0.2, -0.15) is 28.1 Å². The van der Waals surface area contributed by atoms with Gasteiger partial charge in [0.05, 0.1) is 12.6 Å². The first-order valence-corrected chi connectivity index (χ1v) is 18.1. The molecule has 13 nitrogen and oxygen atoms in total. The monoisotopic (exact) mass is 773 g/mol. The zero-order valence-corrected chi connectivity index (χ0v) is 30.9. The minimum Gasteiger partial charge on any atom is -0.467 e. The molecular formula is C37H43ClF3N7O6. The number of hydrogen-bond donors (Lipinski definition) is 4. The van der Waals surface area contributed by atoms with Gasteiger partial charge >= 0.3 is 18.2 Å². The smallest absolute Gasteiger partial charge is 0.422 e. The normalized spacial score (nSPS) is 17.1. The van der Waals surface area contributed by atoms with Gasteiger partial charge in [-0.3, -0.25) is 14.4 Å². The molecule has 1 aromatic heterocycles. The molecule has 2 aliphatic carbocycles. The van der Waals surface area contributed by atoms with Gasteiger partial charge in [-0.05, 0) is 85.4 Å². The Morgan fingerprint density at radius 1 is 0.963 bits per heavy atom. The highest BCUT2D eigenvalue weighted by Gasteiger charge is 2.50. The Balaban J connectivity index is 1.18. The van der Waals surface area contributed by atoms with Gasteiger partial charge in [0.15, 0.2) is 6.61 Å². The number of benzene rings is 2. The van der Waals surface area contributed by atoms with Crippen LogP contribution >= 0.6 is 11.6 Å². The third kappa shape index (κ3) is 10.6. The van der Waals surface area contributed by atoms with Crippen molar-refractivity contribution in [1.29, 1.82) is 0 Å². The lowest BCUT2D eigenvalue weighted by molar-refractivity contribution is -0.154. The van der Waals surface area contributed by atoms with E-state index in [0.717, 1.165) is 37.7 Å². The summed E-state index contributed by atoms with van der Waals surface area (Å²) < 4.78 is 48.5. The van der Waals surface area contributed by atoms with E-state index in [1.54, 1.807) is 12.1 Å². The quantitative estimate of drug-likeness (QED) is 0.0800. The Kier molecular flexibility index (Phi) is 12.7. The minimum atomic E-state index is -4.63. The lowest BCUT2D eigenvalue weighted by atomic mass is 9.94. The number of esters is 1. The number of anilines is 3. The number of halogens is 4. The van der Waals surface area contributed by atoms with Crippen molar-refractivity contribution in [1.82, 2.24) is 25.6 Å². The number of ether oxygens (including phenoxy) is 2. The minimum absolute atomic E-state index is 0.0178. The predicted octanol–water partition coefficient (Wildman–Crippen LogP) is 6.26. The Labute approximate surface area is 315 Å². The van der Waals surface area contributed by atoms with Crippen molar-refractivity contribution in [2.24, 2.45) is 11.3 Å². The molecule has 2 atom stereocenters.